The van der Waals surface area contributed by atoms with Crippen molar-refractivity contribution in [2.45, 2.75) is 19.8 Å². The Morgan fingerprint density at radius 2 is 2.00 bits per heavy atom. The minimum Gasteiger partial charge on any atom is -0.482 e. The number of rotatable bonds is 8. The van der Waals surface area contributed by atoms with Crippen LogP contribution < -0.4 is 15.8 Å². The molecule has 0 fully saturated rings. The van der Waals surface area contributed by atoms with Crippen molar-refractivity contribution in [2.24, 2.45) is 11.7 Å². The molecule has 6 heteroatoms. The van der Waals surface area contributed by atoms with E-state index in [4.69, 9.17) is 15.6 Å². The Bertz CT molecular complexity index is 441. The maximum atomic E-state index is 11.8. The number of carbonyl (C=O) groups excluding carboxylic acids is 1. The average molecular weight is 280 g/mol. The highest BCUT2D eigenvalue weighted by molar-refractivity contribution is 5.90. The van der Waals surface area contributed by atoms with Crippen LogP contribution in [-0.2, 0) is 9.59 Å². The first kappa shape index (κ1) is 16.0. The van der Waals surface area contributed by atoms with E-state index in [1.165, 1.54) is 0 Å². The van der Waals surface area contributed by atoms with Gasteiger partial charge in [-0.3, -0.25) is 4.79 Å². The summed E-state index contributed by atoms with van der Waals surface area (Å²) in [6.07, 6.45) is 1.26. The van der Waals surface area contributed by atoms with Crippen LogP contribution in [0.4, 0.5) is 5.69 Å². The van der Waals surface area contributed by atoms with Gasteiger partial charge in [-0.05, 0) is 36.7 Å². The lowest BCUT2D eigenvalue weighted by Gasteiger charge is -2.12. The van der Waals surface area contributed by atoms with Gasteiger partial charge in [0.2, 0.25) is 5.91 Å². The Hall–Kier alpha value is -2.08. The van der Waals surface area contributed by atoms with E-state index >= 15 is 0 Å². The van der Waals surface area contributed by atoms with Crippen LogP contribution in [0.2, 0.25) is 0 Å². The van der Waals surface area contributed by atoms with Crippen LogP contribution in [0.5, 0.6) is 5.75 Å². The number of hydrogen-bond acceptors (Lipinski definition) is 4. The second-order valence-corrected chi connectivity index (χ2v) is 4.47. The van der Waals surface area contributed by atoms with E-state index in [0.717, 1.165) is 6.42 Å². The Morgan fingerprint density at radius 1 is 1.35 bits per heavy atom. The van der Waals surface area contributed by atoms with E-state index in [-0.39, 0.29) is 18.4 Å². The predicted octanol–water partition coefficient (Wildman–Crippen LogP) is 1.46. The lowest BCUT2D eigenvalue weighted by molar-refractivity contribution is -0.139. The zero-order valence-corrected chi connectivity index (χ0v) is 11.5. The van der Waals surface area contributed by atoms with Gasteiger partial charge in [0.15, 0.2) is 6.61 Å². The fourth-order valence-electron chi connectivity index (χ4n) is 1.65. The molecule has 4 N–H and O–H groups in total. The van der Waals surface area contributed by atoms with Gasteiger partial charge in [0.1, 0.15) is 5.75 Å². The SMILES string of the molecule is CCC(CN)CC(=O)Nc1ccc(OCC(=O)O)cc1. The molecule has 0 spiro atoms. The summed E-state index contributed by atoms with van der Waals surface area (Å²) in [6, 6.07) is 6.55. The molecule has 0 saturated heterocycles. The molecule has 0 aliphatic carbocycles. The molecule has 1 unspecified atom stereocenters. The highest BCUT2D eigenvalue weighted by atomic mass is 16.5. The van der Waals surface area contributed by atoms with Crippen LogP contribution in [0.3, 0.4) is 0 Å². The van der Waals surface area contributed by atoms with Gasteiger partial charge in [-0.2, -0.15) is 0 Å². The van der Waals surface area contributed by atoms with Crippen LogP contribution >= 0.6 is 0 Å². The number of carbonyl (C=O) groups is 2. The van der Waals surface area contributed by atoms with Crippen molar-refractivity contribution in [3.05, 3.63) is 24.3 Å². The molecule has 0 bridgehead atoms. The summed E-state index contributed by atoms with van der Waals surface area (Å²) in [4.78, 5) is 22.1. The third-order valence-electron chi connectivity index (χ3n) is 2.89. The van der Waals surface area contributed by atoms with Gasteiger partial charge >= 0.3 is 5.97 Å². The highest BCUT2D eigenvalue weighted by Crippen LogP contribution is 2.16. The van der Waals surface area contributed by atoms with Crippen molar-refractivity contribution >= 4 is 17.6 Å². The topological polar surface area (TPSA) is 102 Å². The van der Waals surface area contributed by atoms with Gasteiger partial charge in [-0.1, -0.05) is 13.3 Å². The van der Waals surface area contributed by atoms with Crippen molar-refractivity contribution < 1.29 is 19.4 Å². The van der Waals surface area contributed by atoms with Crippen molar-refractivity contribution in [1.29, 1.82) is 0 Å². The van der Waals surface area contributed by atoms with Crippen LogP contribution in [0.1, 0.15) is 19.8 Å². The third-order valence-corrected chi connectivity index (χ3v) is 2.89. The van der Waals surface area contributed by atoms with Gasteiger partial charge < -0.3 is 20.9 Å². The normalized spacial score (nSPS) is 11.7. The van der Waals surface area contributed by atoms with E-state index in [9.17, 15) is 9.59 Å². The molecule has 0 saturated carbocycles. The average Bonchev–Trinajstić information content (AvgIpc) is 2.44. The summed E-state index contributed by atoms with van der Waals surface area (Å²) >= 11 is 0. The number of benzene rings is 1. The first-order valence-corrected chi connectivity index (χ1v) is 6.49. The fourth-order valence-corrected chi connectivity index (χ4v) is 1.65. The summed E-state index contributed by atoms with van der Waals surface area (Å²) < 4.78 is 5.00. The monoisotopic (exact) mass is 280 g/mol. The summed E-state index contributed by atoms with van der Waals surface area (Å²) in [5.41, 5.74) is 6.20. The van der Waals surface area contributed by atoms with E-state index < -0.39 is 5.97 Å². The Morgan fingerprint density at radius 3 is 2.50 bits per heavy atom. The van der Waals surface area contributed by atoms with Crippen molar-refractivity contribution in [1.82, 2.24) is 0 Å². The van der Waals surface area contributed by atoms with Crippen molar-refractivity contribution in [2.75, 3.05) is 18.5 Å². The predicted molar refractivity (Wildman–Crippen MR) is 75.7 cm³/mol. The number of carboxylic acids is 1. The molecule has 1 aromatic carbocycles. The first-order valence-electron chi connectivity index (χ1n) is 6.49. The van der Waals surface area contributed by atoms with Gasteiger partial charge in [-0.25, -0.2) is 4.79 Å². The van der Waals surface area contributed by atoms with Crippen LogP contribution in [-0.4, -0.2) is 30.1 Å². The second kappa shape index (κ2) is 8.16. The molecule has 0 heterocycles. The molecule has 20 heavy (non-hydrogen) atoms. The van der Waals surface area contributed by atoms with Crippen molar-refractivity contribution in [3.8, 4) is 5.75 Å². The highest BCUT2D eigenvalue weighted by Gasteiger charge is 2.10. The van der Waals surface area contributed by atoms with Crippen LogP contribution in [0.25, 0.3) is 0 Å². The molecule has 0 radical (unpaired) electrons. The van der Waals surface area contributed by atoms with Crippen LogP contribution in [0.15, 0.2) is 24.3 Å². The first-order chi connectivity index (χ1) is 9.55. The minimum absolute atomic E-state index is 0.0819. The minimum atomic E-state index is -1.03. The second-order valence-electron chi connectivity index (χ2n) is 4.47. The number of aliphatic carboxylic acids is 1. The van der Waals surface area contributed by atoms with Gasteiger partial charge in [0.05, 0.1) is 0 Å². The molecule has 1 aromatic rings. The summed E-state index contributed by atoms with van der Waals surface area (Å²) in [7, 11) is 0. The standard InChI is InChI=1S/C14H20N2O4/c1-2-10(8-15)7-13(17)16-11-3-5-12(6-4-11)20-9-14(18)19/h3-6,10H,2,7-9,15H2,1H3,(H,16,17)(H,18,19). The Balaban J connectivity index is 2.48. The van der Waals surface area contributed by atoms with Gasteiger partial charge in [0, 0.05) is 12.1 Å². The maximum Gasteiger partial charge on any atom is 0.341 e. The molecule has 0 aliphatic rings. The van der Waals surface area contributed by atoms with Gasteiger partial charge in [-0.15, -0.1) is 0 Å². The number of carboxylic acid groups (broad SMARTS) is 1. The maximum absolute atomic E-state index is 11.8. The molecular formula is C14H20N2O4. The fraction of sp³-hybridized carbons (Fsp3) is 0.429. The van der Waals surface area contributed by atoms with Gasteiger partial charge in [0.25, 0.3) is 0 Å². The number of anilines is 1. The number of ether oxygens (including phenoxy) is 1. The zero-order valence-electron chi connectivity index (χ0n) is 11.5. The van der Waals surface area contributed by atoms with E-state index in [2.05, 4.69) is 5.32 Å². The quantitative estimate of drug-likeness (QED) is 0.669. The third kappa shape index (κ3) is 5.71. The molecule has 0 aromatic heterocycles. The zero-order chi connectivity index (χ0) is 15.0. The van der Waals surface area contributed by atoms with E-state index in [1.807, 2.05) is 6.92 Å². The lowest BCUT2D eigenvalue weighted by Crippen LogP contribution is -2.21. The number of nitrogens with one attached hydrogen (secondary N) is 1. The molecule has 1 amide bonds. The smallest absolute Gasteiger partial charge is 0.341 e. The molecule has 0 aliphatic heterocycles. The summed E-state index contributed by atoms with van der Waals surface area (Å²) in [5, 5.41) is 11.3. The van der Waals surface area contributed by atoms with E-state index in [0.29, 0.717) is 24.4 Å². The number of hydrogen-bond donors (Lipinski definition) is 3. The molecule has 1 atom stereocenters. The van der Waals surface area contributed by atoms with Crippen LogP contribution in [0, 0.1) is 5.92 Å². The molecule has 1 rings (SSSR count). The largest absolute Gasteiger partial charge is 0.482 e. The summed E-state index contributed by atoms with van der Waals surface area (Å²) in [6.45, 7) is 2.10. The Labute approximate surface area is 117 Å². The summed E-state index contributed by atoms with van der Waals surface area (Å²) in [5.74, 6) is -0.483. The number of amides is 1. The lowest BCUT2D eigenvalue weighted by atomic mass is 10.0. The molecule has 6 nitrogen and oxygen atoms in total. The molecular weight excluding hydrogens is 260 g/mol. The Kier molecular flexibility index (Phi) is 6.52. The number of nitrogens with two attached hydrogens (primary N) is 1. The van der Waals surface area contributed by atoms with E-state index in [1.54, 1.807) is 24.3 Å². The van der Waals surface area contributed by atoms with Crippen molar-refractivity contribution in [3.63, 3.8) is 0 Å². The molecule has 110 valence electrons.